The second-order valence-corrected chi connectivity index (χ2v) is 7.09. The van der Waals surface area contributed by atoms with Crippen LogP contribution in [-0.4, -0.2) is 29.6 Å². The summed E-state index contributed by atoms with van der Waals surface area (Å²) in [5, 5.41) is 5.39. The molecule has 5 nitrogen and oxygen atoms in total. The molecule has 0 saturated carbocycles. The molecule has 0 amide bonds. The van der Waals surface area contributed by atoms with Gasteiger partial charge in [-0.05, 0) is 38.8 Å². The van der Waals surface area contributed by atoms with Gasteiger partial charge in [-0.3, -0.25) is 13.3 Å². The van der Waals surface area contributed by atoms with Crippen LogP contribution in [0.4, 0.5) is 0 Å². The first-order valence-corrected chi connectivity index (χ1v) is 8.70. The number of rotatable bonds is 2. The highest BCUT2D eigenvalue weighted by atomic mass is 32.2. The van der Waals surface area contributed by atoms with Crippen molar-refractivity contribution in [2.45, 2.75) is 40.1 Å². The summed E-state index contributed by atoms with van der Waals surface area (Å²) in [6.45, 7) is 8.11. The predicted molar refractivity (Wildman–Crippen MR) is 95.4 cm³/mol. The molecule has 0 aliphatic rings. The van der Waals surface area contributed by atoms with E-state index in [4.69, 9.17) is 0 Å². The van der Waals surface area contributed by atoms with Crippen LogP contribution in [0.2, 0.25) is 0 Å². The van der Waals surface area contributed by atoms with Gasteiger partial charge < -0.3 is 0 Å². The first-order chi connectivity index (χ1) is 10.3. The van der Waals surface area contributed by atoms with E-state index in [9.17, 15) is 4.21 Å². The van der Waals surface area contributed by atoms with Gasteiger partial charge in [0, 0.05) is 25.1 Å². The van der Waals surface area contributed by atoms with Gasteiger partial charge >= 0.3 is 0 Å². The van der Waals surface area contributed by atoms with E-state index in [0.29, 0.717) is 0 Å². The van der Waals surface area contributed by atoms with Gasteiger partial charge in [-0.2, -0.15) is 5.10 Å². The minimum atomic E-state index is -1.07. The largest absolute Gasteiger partial charge is 0.297 e. The van der Waals surface area contributed by atoms with Gasteiger partial charge in [0.2, 0.25) is 0 Å². The molecular formula is C17H24N4OS. The van der Waals surface area contributed by atoms with Crippen molar-refractivity contribution in [2.75, 3.05) is 6.26 Å². The van der Waals surface area contributed by atoms with Crippen LogP contribution >= 0.6 is 0 Å². The zero-order valence-electron chi connectivity index (χ0n) is 13.8. The van der Waals surface area contributed by atoms with Crippen molar-refractivity contribution in [3.63, 3.8) is 0 Å². The predicted octanol–water partition coefficient (Wildman–Crippen LogP) is 3.34. The third-order valence-electron chi connectivity index (χ3n) is 3.94. The minimum absolute atomic E-state index is 0. The summed E-state index contributed by atoms with van der Waals surface area (Å²) >= 11 is 0. The average molecular weight is 332 g/mol. The van der Waals surface area contributed by atoms with Crippen LogP contribution in [0.1, 0.15) is 29.8 Å². The minimum Gasteiger partial charge on any atom is -0.297 e. The zero-order chi connectivity index (χ0) is 16.2. The molecule has 1 atom stereocenters. The molecule has 124 valence electrons. The van der Waals surface area contributed by atoms with Gasteiger partial charge in [-0.15, -0.1) is 0 Å². The number of hydrogen-bond acceptors (Lipinski definition) is 3. The van der Waals surface area contributed by atoms with Gasteiger partial charge in [-0.25, -0.2) is 4.98 Å². The van der Waals surface area contributed by atoms with Crippen molar-refractivity contribution >= 4 is 16.4 Å². The average Bonchev–Trinajstić information content (AvgIpc) is 2.91. The van der Waals surface area contributed by atoms with Crippen molar-refractivity contribution in [1.29, 1.82) is 0 Å². The number of aryl methyl sites for hydroxylation is 4. The summed E-state index contributed by atoms with van der Waals surface area (Å²) in [6, 6.07) is 2.13. The lowest BCUT2D eigenvalue weighted by atomic mass is 10.1. The number of aromatic nitrogens is 4. The first kappa shape index (κ1) is 17.4. The molecule has 23 heavy (non-hydrogen) atoms. The molecule has 0 saturated heterocycles. The van der Waals surface area contributed by atoms with E-state index >= 15 is 0 Å². The molecule has 3 heterocycles. The third-order valence-corrected chi connectivity index (χ3v) is 5.06. The fraction of sp³-hybridized carbons (Fsp3) is 0.412. The lowest BCUT2D eigenvalue weighted by molar-refractivity contribution is 0.654. The van der Waals surface area contributed by atoms with E-state index in [1.54, 1.807) is 10.9 Å². The third kappa shape index (κ3) is 2.61. The summed E-state index contributed by atoms with van der Waals surface area (Å²) in [4.78, 5) is 4.60. The Hall–Kier alpha value is -1.95. The molecule has 0 radical (unpaired) electrons. The van der Waals surface area contributed by atoms with E-state index in [1.165, 1.54) is 0 Å². The Kier molecular flexibility index (Phi) is 4.48. The molecule has 3 aromatic rings. The Morgan fingerprint density at radius 2 is 1.78 bits per heavy atom. The van der Waals surface area contributed by atoms with E-state index in [1.807, 2.05) is 27.1 Å². The second-order valence-electron chi connectivity index (χ2n) is 5.79. The van der Waals surface area contributed by atoms with E-state index in [2.05, 4.69) is 34.4 Å². The van der Waals surface area contributed by atoms with Gasteiger partial charge in [0.05, 0.1) is 22.2 Å². The van der Waals surface area contributed by atoms with Gasteiger partial charge in [0.25, 0.3) is 0 Å². The molecule has 0 spiro atoms. The summed E-state index contributed by atoms with van der Waals surface area (Å²) < 4.78 is 15.8. The van der Waals surface area contributed by atoms with Crippen molar-refractivity contribution < 1.29 is 4.21 Å². The maximum absolute atomic E-state index is 12.0. The molecule has 0 aromatic carbocycles. The molecular weight excluding hydrogens is 308 g/mol. The van der Waals surface area contributed by atoms with Crippen molar-refractivity contribution in [1.82, 2.24) is 19.2 Å². The summed E-state index contributed by atoms with van der Waals surface area (Å²) in [5.41, 5.74) is 7.05. The molecule has 6 heteroatoms. The number of pyridine rings is 1. The van der Waals surface area contributed by atoms with Crippen LogP contribution in [0, 0.1) is 27.7 Å². The van der Waals surface area contributed by atoms with Gasteiger partial charge in [0.1, 0.15) is 16.4 Å². The van der Waals surface area contributed by atoms with Crippen LogP contribution in [-0.2, 0) is 17.8 Å². The molecule has 3 aromatic heterocycles. The lowest BCUT2D eigenvalue weighted by Crippen LogP contribution is -2.00. The van der Waals surface area contributed by atoms with Crippen LogP contribution in [0.3, 0.4) is 0 Å². The van der Waals surface area contributed by atoms with Crippen LogP contribution in [0.15, 0.2) is 17.3 Å². The molecule has 0 fully saturated rings. The van der Waals surface area contributed by atoms with Crippen molar-refractivity contribution in [3.05, 3.63) is 34.6 Å². The molecule has 3 rings (SSSR count). The molecule has 0 N–H and O–H groups in total. The Bertz CT molecular complexity index is 921. The SMILES string of the molecule is C.Cc1cn2c(-c3nn(C)c(S(C)=O)c3C)c(C)cc(C)c2n1. The lowest BCUT2D eigenvalue weighted by Gasteiger charge is -2.10. The smallest absolute Gasteiger partial charge is 0.140 e. The first-order valence-electron chi connectivity index (χ1n) is 7.14. The summed E-state index contributed by atoms with van der Waals surface area (Å²) in [7, 11) is 0.771. The highest BCUT2D eigenvalue weighted by molar-refractivity contribution is 7.84. The Balaban J connectivity index is 0.00000192. The molecule has 0 aliphatic carbocycles. The van der Waals surface area contributed by atoms with E-state index in [-0.39, 0.29) is 7.43 Å². The van der Waals surface area contributed by atoms with Crippen LogP contribution in [0.25, 0.3) is 17.0 Å². The quantitative estimate of drug-likeness (QED) is 0.723. The number of imidazole rings is 1. The van der Waals surface area contributed by atoms with Crippen LogP contribution in [0.5, 0.6) is 0 Å². The maximum atomic E-state index is 12.0. The zero-order valence-corrected chi connectivity index (χ0v) is 14.6. The number of hydrogen-bond donors (Lipinski definition) is 0. The topological polar surface area (TPSA) is 52.2 Å². The van der Waals surface area contributed by atoms with Gasteiger partial charge in [0.15, 0.2) is 0 Å². The molecule has 0 aliphatic heterocycles. The van der Waals surface area contributed by atoms with Crippen molar-refractivity contribution in [2.24, 2.45) is 7.05 Å². The molecule has 0 bridgehead atoms. The van der Waals surface area contributed by atoms with Crippen LogP contribution < -0.4 is 0 Å². The van der Waals surface area contributed by atoms with Gasteiger partial charge in [-0.1, -0.05) is 13.5 Å². The maximum Gasteiger partial charge on any atom is 0.140 e. The fourth-order valence-electron chi connectivity index (χ4n) is 3.14. The normalized spacial score (nSPS) is 12.4. The summed E-state index contributed by atoms with van der Waals surface area (Å²) in [5.74, 6) is 0. The second kappa shape index (κ2) is 5.92. The molecule has 1 unspecified atom stereocenters. The monoisotopic (exact) mass is 332 g/mol. The summed E-state index contributed by atoms with van der Waals surface area (Å²) in [6.07, 6.45) is 3.72. The number of nitrogens with zero attached hydrogens (tertiary/aromatic N) is 4. The van der Waals surface area contributed by atoms with Crippen molar-refractivity contribution in [3.8, 4) is 11.4 Å². The Morgan fingerprint density at radius 1 is 1.13 bits per heavy atom. The van der Waals surface area contributed by atoms with E-state index < -0.39 is 10.8 Å². The van der Waals surface area contributed by atoms with E-state index in [0.717, 1.165) is 44.4 Å². The number of fused-ring (bicyclic) bond motifs is 1. The highest BCUT2D eigenvalue weighted by Crippen LogP contribution is 2.30. The Labute approximate surface area is 139 Å². The fourth-order valence-corrected chi connectivity index (χ4v) is 4.08. The Morgan fingerprint density at radius 3 is 2.35 bits per heavy atom. The standard InChI is InChI=1S/C16H20N4OS.CH4/c1-9-7-10(2)15-17-11(3)8-20(15)14(9)13-12(4)16(22(6)21)19(5)18-13;/h7-8H,1-6H3;1H4. The highest BCUT2D eigenvalue weighted by Gasteiger charge is 2.21.